The lowest BCUT2D eigenvalue weighted by atomic mass is 9.89. The fourth-order valence-electron chi connectivity index (χ4n) is 4.33. The molecule has 2 atom stereocenters. The van der Waals surface area contributed by atoms with Crippen LogP contribution in [-0.2, 0) is 9.59 Å². The van der Waals surface area contributed by atoms with Gasteiger partial charge in [0.15, 0.2) is 23.4 Å². The van der Waals surface area contributed by atoms with E-state index >= 15 is 0 Å². The lowest BCUT2D eigenvalue weighted by molar-refractivity contribution is -0.124. The molecule has 1 heterocycles. The number of hydrogen-bond acceptors (Lipinski definition) is 7. The second kappa shape index (κ2) is 15.0. The molecule has 0 aliphatic carbocycles. The Morgan fingerprint density at radius 3 is 2.10 bits per heavy atom. The summed E-state index contributed by atoms with van der Waals surface area (Å²) >= 11 is 0. The van der Waals surface area contributed by atoms with Crippen LogP contribution in [0.5, 0.6) is 17.2 Å². The number of rotatable bonds is 14. The molecule has 3 rings (SSSR count). The summed E-state index contributed by atoms with van der Waals surface area (Å²) in [6, 6.07) is 9.54. The first-order chi connectivity index (χ1) is 19.7. The first-order valence-electron chi connectivity index (χ1n) is 13.3. The molecule has 0 fully saturated rings. The summed E-state index contributed by atoms with van der Waals surface area (Å²) < 4.78 is 6.08. The Labute approximate surface area is 238 Å². The van der Waals surface area contributed by atoms with Gasteiger partial charge in [-0.3, -0.25) is 19.6 Å². The molecule has 0 bridgehead atoms. The number of benzene rings is 2. The predicted octanol–water partition coefficient (Wildman–Crippen LogP) is 0.668. The normalized spacial score (nSPS) is 15.5. The number of phenolic OH excluding ortho intramolecular Hbond substituents is 2. The Kier molecular flexibility index (Phi) is 11.2. The monoisotopic (exact) mass is 566 g/mol. The molecule has 0 aromatic heterocycles. The highest BCUT2D eigenvalue weighted by molar-refractivity contribution is 5.92. The summed E-state index contributed by atoms with van der Waals surface area (Å²) in [4.78, 5) is 33.5. The third-order valence-corrected chi connectivity index (χ3v) is 6.29. The van der Waals surface area contributed by atoms with Gasteiger partial charge in [0.25, 0.3) is 0 Å². The molecule has 41 heavy (non-hydrogen) atoms. The van der Waals surface area contributed by atoms with Crippen molar-refractivity contribution < 1.29 is 24.5 Å². The molecule has 0 saturated carbocycles. The van der Waals surface area contributed by atoms with Gasteiger partial charge in [-0.1, -0.05) is 12.1 Å². The van der Waals surface area contributed by atoms with Crippen molar-refractivity contribution in [2.24, 2.45) is 32.9 Å². The number of ether oxygens (including phenoxy) is 1. The third-order valence-electron chi connectivity index (χ3n) is 6.29. The molecular weight excluding hydrogens is 528 g/mol. The van der Waals surface area contributed by atoms with Gasteiger partial charge in [-0.25, -0.2) is 0 Å². The van der Waals surface area contributed by atoms with Crippen molar-refractivity contribution in [2.45, 2.75) is 37.7 Å². The van der Waals surface area contributed by atoms with Crippen LogP contribution in [0.15, 0.2) is 52.5 Å². The molecule has 2 aromatic carbocycles. The molecule has 220 valence electrons. The van der Waals surface area contributed by atoms with Crippen LogP contribution in [0.3, 0.4) is 0 Å². The number of fused-ring (bicyclic) bond motifs is 1. The quantitative estimate of drug-likeness (QED) is 0.0693. The third kappa shape index (κ3) is 9.34. The van der Waals surface area contributed by atoms with Crippen LogP contribution in [0.1, 0.15) is 54.4 Å². The zero-order chi connectivity index (χ0) is 29.8. The smallest absolute Gasteiger partial charge is 0.243 e. The number of unbranched alkanes of at least 4 members (excludes halogenated alkanes) is 2. The molecule has 1 aliphatic heterocycles. The summed E-state index contributed by atoms with van der Waals surface area (Å²) in [7, 11) is 0. The minimum Gasteiger partial charge on any atom is -0.508 e. The SMILES string of the molecule is NC(N)=NCCCCNC(=O)C=Cc1cc(O)c2c(c1)[C@@H](C(=O)NCCCCN=C(N)N)[C@@H](c1ccc(O)cc1)O2. The lowest BCUT2D eigenvalue weighted by Gasteiger charge is -2.19. The second-order valence-electron chi connectivity index (χ2n) is 9.51. The van der Waals surface area contributed by atoms with E-state index in [1.807, 2.05) is 0 Å². The van der Waals surface area contributed by atoms with E-state index < -0.39 is 12.0 Å². The number of aromatic hydroxyl groups is 2. The number of amides is 2. The number of carbonyl (C=O) groups excluding carboxylic acids is 2. The van der Waals surface area contributed by atoms with Gasteiger partial charge in [0, 0.05) is 37.8 Å². The number of nitrogens with two attached hydrogens (primary N) is 4. The van der Waals surface area contributed by atoms with Crippen molar-refractivity contribution in [1.29, 1.82) is 0 Å². The average Bonchev–Trinajstić information content (AvgIpc) is 3.31. The number of aliphatic imine (C=N–C) groups is 2. The van der Waals surface area contributed by atoms with Gasteiger partial charge >= 0.3 is 0 Å². The van der Waals surface area contributed by atoms with E-state index in [0.717, 1.165) is 6.42 Å². The Morgan fingerprint density at radius 2 is 1.49 bits per heavy atom. The first kappa shape index (κ1) is 30.6. The zero-order valence-corrected chi connectivity index (χ0v) is 22.8. The van der Waals surface area contributed by atoms with Gasteiger partial charge < -0.3 is 48.5 Å². The Hall–Kier alpha value is -4.94. The van der Waals surface area contributed by atoms with E-state index in [1.165, 1.54) is 24.3 Å². The fourth-order valence-corrected chi connectivity index (χ4v) is 4.33. The van der Waals surface area contributed by atoms with Crippen LogP contribution in [0, 0.1) is 0 Å². The Morgan fingerprint density at radius 1 is 0.878 bits per heavy atom. The molecular formula is C28H38N8O5. The number of hydrogen-bond donors (Lipinski definition) is 8. The number of carbonyl (C=O) groups is 2. The van der Waals surface area contributed by atoms with Gasteiger partial charge in [0.05, 0.1) is 0 Å². The molecule has 12 N–H and O–H groups in total. The minimum atomic E-state index is -0.787. The van der Waals surface area contributed by atoms with Crippen molar-refractivity contribution in [3.8, 4) is 17.2 Å². The van der Waals surface area contributed by atoms with Gasteiger partial charge in [-0.15, -0.1) is 0 Å². The summed E-state index contributed by atoms with van der Waals surface area (Å²) in [6.45, 7) is 1.79. The van der Waals surface area contributed by atoms with E-state index in [9.17, 15) is 19.8 Å². The molecule has 1 aliphatic rings. The Bertz CT molecular complexity index is 1290. The van der Waals surface area contributed by atoms with E-state index in [1.54, 1.807) is 24.3 Å². The van der Waals surface area contributed by atoms with E-state index in [2.05, 4.69) is 20.6 Å². The molecule has 2 aromatic rings. The van der Waals surface area contributed by atoms with Gasteiger partial charge in [0.1, 0.15) is 17.8 Å². The summed E-state index contributed by atoms with van der Waals surface area (Å²) in [5.74, 6) is -1.21. The maximum Gasteiger partial charge on any atom is 0.243 e. The van der Waals surface area contributed by atoms with Crippen molar-refractivity contribution >= 4 is 29.8 Å². The maximum absolute atomic E-state index is 13.4. The Balaban J connectivity index is 1.72. The molecule has 0 saturated heterocycles. The van der Waals surface area contributed by atoms with Gasteiger partial charge in [-0.2, -0.15) is 0 Å². The van der Waals surface area contributed by atoms with Crippen molar-refractivity contribution in [3.63, 3.8) is 0 Å². The summed E-state index contributed by atoms with van der Waals surface area (Å²) in [6.07, 6.45) is 4.95. The first-order valence-corrected chi connectivity index (χ1v) is 13.3. The summed E-state index contributed by atoms with van der Waals surface area (Å²) in [5, 5.41) is 26.2. The highest BCUT2D eigenvalue weighted by Gasteiger charge is 2.42. The maximum atomic E-state index is 13.4. The lowest BCUT2D eigenvalue weighted by Crippen LogP contribution is -2.32. The van der Waals surface area contributed by atoms with Crippen LogP contribution in [0.4, 0.5) is 0 Å². The van der Waals surface area contributed by atoms with Gasteiger partial charge in [0.2, 0.25) is 11.8 Å². The minimum absolute atomic E-state index is 0.0205. The van der Waals surface area contributed by atoms with E-state index in [4.69, 9.17) is 27.7 Å². The molecule has 2 amide bonds. The average molecular weight is 567 g/mol. The fraction of sp³-hybridized carbons (Fsp3) is 0.357. The van der Waals surface area contributed by atoms with E-state index in [-0.39, 0.29) is 41.0 Å². The van der Waals surface area contributed by atoms with Crippen LogP contribution < -0.4 is 38.3 Å². The molecule has 0 spiro atoms. The largest absolute Gasteiger partial charge is 0.508 e. The standard InChI is InChI=1S/C28H38N8O5/c29-27(30)35-13-3-1-11-33-22(39)10-5-17-15-20-23(26(40)34-12-2-4-14-36-28(31)32)24(41-25(20)21(38)16-17)18-6-8-19(37)9-7-18/h5-10,15-16,23-24,37-38H,1-4,11-14H2,(H,33,39)(H,34,40)(H4,29,30,35)(H4,31,32,36)/t23-,24-/m1/s1. The van der Waals surface area contributed by atoms with Crippen LogP contribution >= 0.6 is 0 Å². The summed E-state index contributed by atoms with van der Waals surface area (Å²) in [5.41, 5.74) is 22.9. The highest BCUT2D eigenvalue weighted by Crippen LogP contribution is 2.51. The number of phenols is 2. The molecule has 0 unspecified atom stereocenters. The molecule has 0 radical (unpaired) electrons. The number of nitrogens with zero attached hydrogens (tertiary/aromatic N) is 2. The number of nitrogens with one attached hydrogen (secondary N) is 2. The molecule has 13 nitrogen and oxygen atoms in total. The van der Waals surface area contributed by atoms with Crippen molar-refractivity contribution in [3.05, 3.63) is 59.2 Å². The van der Waals surface area contributed by atoms with Crippen LogP contribution in [-0.4, -0.2) is 60.1 Å². The zero-order valence-electron chi connectivity index (χ0n) is 22.8. The van der Waals surface area contributed by atoms with Gasteiger partial charge in [-0.05, 0) is 67.2 Å². The topological polar surface area (TPSA) is 237 Å². The number of guanidine groups is 2. The van der Waals surface area contributed by atoms with Crippen LogP contribution in [0.25, 0.3) is 6.08 Å². The van der Waals surface area contributed by atoms with Crippen molar-refractivity contribution in [2.75, 3.05) is 26.2 Å². The van der Waals surface area contributed by atoms with Crippen LogP contribution in [0.2, 0.25) is 0 Å². The molecule has 13 heteroatoms. The predicted molar refractivity (Wildman–Crippen MR) is 157 cm³/mol. The van der Waals surface area contributed by atoms with E-state index in [0.29, 0.717) is 62.1 Å². The second-order valence-corrected chi connectivity index (χ2v) is 9.51. The van der Waals surface area contributed by atoms with Crippen molar-refractivity contribution in [1.82, 2.24) is 10.6 Å². The highest BCUT2D eigenvalue weighted by atomic mass is 16.5.